The van der Waals surface area contributed by atoms with Crippen LogP contribution in [0.3, 0.4) is 0 Å². The first kappa shape index (κ1) is 13.6. The second kappa shape index (κ2) is 6.34. The Hall–Kier alpha value is -0.437. The number of aromatic nitrogens is 2. The van der Waals surface area contributed by atoms with Crippen LogP contribution in [0, 0.1) is 13.8 Å². The number of nitrogen functional groups attached to an aromatic ring is 1. The van der Waals surface area contributed by atoms with Gasteiger partial charge in [-0.05, 0) is 37.6 Å². The Morgan fingerprint density at radius 2 is 1.81 bits per heavy atom. The molecule has 3 nitrogen and oxygen atoms in total. The van der Waals surface area contributed by atoms with Crippen molar-refractivity contribution in [2.45, 2.75) is 13.8 Å². The van der Waals surface area contributed by atoms with E-state index in [1.807, 2.05) is 19.1 Å². The first-order valence-corrected chi connectivity index (χ1v) is 12.5. The molecule has 2 aromatic heterocycles. The number of nitrogens with zero attached hydrogens (tertiary/aromatic N) is 2. The number of halogens is 2. The summed E-state index contributed by atoms with van der Waals surface area (Å²) >= 11 is -0.931. The predicted molar refractivity (Wildman–Crippen MR) is 65.1 cm³/mol. The average Bonchev–Trinajstić information content (AvgIpc) is 2.17. The van der Waals surface area contributed by atoms with Gasteiger partial charge in [0.2, 0.25) is 0 Å². The topological polar surface area (TPSA) is 51.8 Å². The number of rotatable bonds is 0. The summed E-state index contributed by atoms with van der Waals surface area (Å²) in [6.07, 6.45) is 0. The Labute approximate surface area is 110 Å². The van der Waals surface area contributed by atoms with E-state index in [2.05, 4.69) is 16.9 Å². The minimum atomic E-state index is -0.931. The molecule has 0 aromatic carbocycles. The first-order chi connectivity index (χ1) is 7.58. The molecular weight excluding hydrogens is 298 g/mol. The third-order valence-corrected chi connectivity index (χ3v) is 2.03. The van der Waals surface area contributed by atoms with E-state index in [0.717, 1.165) is 16.7 Å². The second-order valence-electron chi connectivity index (χ2n) is 3.29. The van der Waals surface area contributed by atoms with Crippen molar-refractivity contribution in [3.63, 3.8) is 0 Å². The fourth-order valence-corrected chi connectivity index (χ4v) is 1.45. The molecule has 0 fully saturated rings. The van der Waals surface area contributed by atoms with Gasteiger partial charge in [-0.25, -0.2) is 9.97 Å². The quantitative estimate of drug-likeness (QED) is 0.760. The normalized spacial score (nSPS) is 9.25. The van der Waals surface area contributed by atoms with E-state index in [1.165, 1.54) is 5.56 Å². The first-order valence-electron chi connectivity index (χ1n) is 4.71. The Kier molecular flexibility index (Phi) is 5.40. The van der Waals surface area contributed by atoms with Crippen molar-refractivity contribution < 1.29 is 15.1 Å². The van der Waals surface area contributed by atoms with E-state index in [0.29, 0.717) is 5.82 Å². The monoisotopic (exact) mass is 307 g/mol. The van der Waals surface area contributed by atoms with Gasteiger partial charge < -0.3 is 5.73 Å². The molecule has 16 heavy (non-hydrogen) atoms. The molecule has 82 valence electrons. The molecule has 6 heteroatoms. The van der Waals surface area contributed by atoms with Crippen LogP contribution in [-0.4, -0.2) is 9.97 Å². The van der Waals surface area contributed by atoms with Gasteiger partial charge in [-0.2, -0.15) is 0 Å². The van der Waals surface area contributed by atoms with Gasteiger partial charge in [0.25, 0.3) is 0 Å². The van der Waals surface area contributed by atoms with Crippen LogP contribution in [0.5, 0.6) is 0 Å². The van der Waals surface area contributed by atoms with Crippen LogP contribution in [0.15, 0.2) is 18.2 Å². The Bertz CT molecular complexity index is 485. The van der Waals surface area contributed by atoms with Crippen LogP contribution in [0.25, 0.3) is 11.0 Å². The van der Waals surface area contributed by atoms with Crippen LogP contribution in [0.4, 0.5) is 5.82 Å². The van der Waals surface area contributed by atoms with E-state index in [1.54, 1.807) is 6.07 Å². The molecule has 0 saturated carbocycles. The third kappa shape index (κ3) is 3.55. The molecule has 2 rings (SSSR count). The summed E-state index contributed by atoms with van der Waals surface area (Å²) in [5.41, 5.74) is 8.47. The Morgan fingerprint density at radius 3 is 2.44 bits per heavy atom. The molecule has 2 N–H and O–H groups in total. The van der Waals surface area contributed by atoms with Gasteiger partial charge in [0.05, 0.1) is 0 Å². The molecule has 0 bridgehead atoms. The van der Waals surface area contributed by atoms with E-state index >= 15 is 0 Å². The molecule has 2 heterocycles. The number of hydrogen-bond acceptors (Lipinski definition) is 3. The fraction of sp³-hybridized carbons (Fsp3) is 0.200. The number of anilines is 1. The van der Waals surface area contributed by atoms with Crippen LogP contribution >= 0.6 is 19.4 Å². The van der Waals surface area contributed by atoms with Gasteiger partial charge in [-0.15, -0.1) is 0 Å². The van der Waals surface area contributed by atoms with Crippen LogP contribution in [0.1, 0.15) is 11.3 Å². The van der Waals surface area contributed by atoms with Gasteiger partial charge in [-0.1, -0.05) is 0 Å². The molecule has 0 amide bonds. The van der Waals surface area contributed by atoms with Crippen molar-refractivity contribution in [1.29, 1.82) is 0 Å². The van der Waals surface area contributed by atoms with Crippen LogP contribution in [0.2, 0.25) is 0 Å². The maximum atomic E-state index is 5.57. The zero-order valence-corrected chi connectivity index (χ0v) is 13.6. The van der Waals surface area contributed by atoms with Gasteiger partial charge in [-0.3, -0.25) is 0 Å². The summed E-state index contributed by atoms with van der Waals surface area (Å²) in [5.74, 6) is 0.519. The Balaban J connectivity index is 0.000000386. The second-order valence-corrected chi connectivity index (χ2v) is 7.91. The zero-order valence-electron chi connectivity index (χ0n) is 9.17. The summed E-state index contributed by atoms with van der Waals surface area (Å²) in [6.45, 7) is 4.01. The van der Waals surface area contributed by atoms with Gasteiger partial charge in [0.15, 0.2) is 5.65 Å². The summed E-state index contributed by atoms with van der Waals surface area (Å²) in [7, 11) is 9.90. The summed E-state index contributed by atoms with van der Waals surface area (Å²) in [5, 5.41) is 1.07. The van der Waals surface area contributed by atoms with Crippen molar-refractivity contribution in [3.05, 3.63) is 29.5 Å². The number of nitrogens with two attached hydrogens (primary N) is 1. The molecule has 0 spiro atoms. The molecular formula is C10H11Cl2N3Zn. The van der Waals surface area contributed by atoms with Crippen molar-refractivity contribution >= 4 is 36.2 Å². The SMILES string of the molecule is Cc1cc(C)c2ccc(N)nc2n1.[Cl][Zn][Cl]. The third-order valence-electron chi connectivity index (χ3n) is 2.03. The predicted octanol–water partition coefficient (Wildman–Crippen LogP) is 3.21. The van der Waals surface area contributed by atoms with Gasteiger partial charge in [0.1, 0.15) is 5.82 Å². The standard InChI is InChI=1S/C10H11N3.2ClH.Zn/c1-6-5-7(2)12-10-8(6)3-4-9(11)13-10;;;/h3-5H,1-2H3,(H2,11,12,13);2*1H;/q;;;+2/p-2. The van der Waals surface area contributed by atoms with Crippen molar-refractivity contribution in [2.75, 3.05) is 5.73 Å². The van der Waals surface area contributed by atoms with E-state index in [4.69, 9.17) is 25.1 Å². The summed E-state index contributed by atoms with van der Waals surface area (Å²) in [4.78, 5) is 8.47. The number of aryl methyl sites for hydroxylation is 2. The molecule has 0 saturated heterocycles. The molecule has 0 aliphatic heterocycles. The molecule has 0 radical (unpaired) electrons. The molecule has 0 atom stereocenters. The number of fused-ring (bicyclic) bond motifs is 1. The van der Waals surface area contributed by atoms with E-state index in [9.17, 15) is 0 Å². The minimum absolute atomic E-state index is 0.519. The molecule has 0 unspecified atom stereocenters. The maximum absolute atomic E-state index is 5.57. The van der Waals surface area contributed by atoms with Crippen LogP contribution < -0.4 is 5.73 Å². The van der Waals surface area contributed by atoms with E-state index < -0.39 is 15.1 Å². The number of pyridine rings is 2. The van der Waals surface area contributed by atoms with Gasteiger partial charge in [0, 0.05) is 11.1 Å². The summed E-state index contributed by atoms with van der Waals surface area (Å²) in [6, 6.07) is 5.80. The van der Waals surface area contributed by atoms with Crippen molar-refractivity contribution in [1.82, 2.24) is 9.97 Å². The summed E-state index contributed by atoms with van der Waals surface area (Å²) < 4.78 is 0. The van der Waals surface area contributed by atoms with Gasteiger partial charge >= 0.3 is 34.5 Å². The van der Waals surface area contributed by atoms with Crippen molar-refractivity contribution in [2.24, 2.45) is 0 Å². The average molecular weight is 310 g/mol. The van der Waals surface area contributed by atoms with E-state index in [-0.39, 0.29) is 0 Å². The molecule has 2 aromatic rings. The van der Waals surface area contributed by atoms with Crippen LogP contribution in [-0.2, 0) is 15.1 Å². The van der Waals surface area contributed by atoms with Crippen molar-refractivity contribution in [3.8, 4) is 0 Å². The fourth-order valence-electron chi connectivity index (χ4n) is 1.45. The zero-order chi connectivity index (χ0) is 12.1. The Morgan fingerprint density at radius 1 is 1.19 bits per heavy atom. The number of hydrogen-bond donors (Lipinski definition) is 1. The molecule has 0 aliphatic carbocycles. The molecule has 0 aliphatic rings.